The molecule has 2 aliphatic rings. The van der Waals surface area contributed by atoms with Gasteiger partial charge in [0, 0.05) is 49.5 Å². The van der Waals surface area contributed by atoms with Gasteiger partial charge in [-0.1, -0.05) is 12.1 Å². The lowest BCUT2D eigenvalue weighted by molar-refractivity contribution is 0.173. The normalized spacial score (nSPS) is 14.3. The summed E-state index contributed by atoms with van der Waals surface area (Å²) in [6.45, 7) is 0.222. The monoisotopic (exact) mass is 630 g/mol. The molecule has 6 rings (SSSR count). The molecule has 0 aliphatic carbocycles. The first-order valence-corrected chi connectivity index (χ1v) is 17.3. The smallest absolute Gasteiger partial charge is 0.271 e. The molecule has 0 atom stereocenters. The highest BCUT2D eigenvalue weighted by atomic mass is 35.7. The van der Waals surface area contributed by atoms with Gasteiger partial charge in [0.05, 0.1) is 0 Å². The molecule has 0 saturated heterocycles. The second kappa shape index (κ2) is 9.61. The third-order valence-corrected chi connectivity index (χ3v) is 11.7. The number of thiophene rings is 2. The predicted octanol–water partition coefficient (Wildman–Crippen LogP) is 5.97. The summed E-state index contributed by atoms with van der Waals surface area (Å²) in [4.78, 5) is 0.708. The second-order valence-corrected chi connectivity index (χ2v) is 15.7. The molecule has 38 heavy (non-hydrogen) atoms. The number of fused-ring (bicyclic) bond motifs is 2. The van der Waals surface area contributed by atoms with E-state index in [9.17, 15) is 16.8 Å². The Balaban J connectivity index is 1.48. The van der Waals surface area contributed by atoms with Crippen molar-refractivity contribution in [3.8, 4) is 34.1 Å². The second-order valence-electron chi connectivity index (χ2n) is 8.38. The molecule has 0 spiro atoms. The van der Waals surface area contributed by atoms with Gasteiger partial charge >= 0.3 is 0 Å². The first-order valence-electron chi connectivity index (χ1n) is 11.0. The molecule has 2 aromatic carbocycles. The van der Waals surface area contributed by atoms with Crippen LogP contribution in [0.3, 0.4) is 0 Å². The van der Waals surface area contributed by atoms with Crippen LogP contribution >= 0.6 is 44.0 Å². The summed E-state index contributed by atoms with van der Waals surface area (Å²) in [6, 6.07) is 12.4. The van der Waals surface area contributed by atoms with Gasteiger partial charge in [0.25, 0.3) is 18.1 Å². The maximum atomic E-state index is 12.9. The maximum absolute atomic E-state index is 12.9. The van der Waals surface area contributed by atoms with E-state index in [0.29, 0.717) is 40.5 Å². The van der Waals surface area contributed by atoms with Gasteiger partial charge in [-0.3, -0.25) is 0 Å². The summed E-state index contributed by atoms with van der Waals surface area (Å²) in [5.41, 5.74) is 1.97. The summed E-state index contributed by atoms with van der Waals surface area (Å²) in [5, 5.41) is 1.77. The van der Waals surface area contributed by atoms with Crippen LogP contribution in [-0.4, -0.2) is 30.4 Å². The van der Waals surface area contributed by atoms with Crippen molar-refractivity contribution in [1.29, 1.82) is 0 Å². The largest absolute Gasteiger partial charge is 0.454 e. The Morgan fingerprint density at radius 2 is 1.26 bits per heavy atom. The Bertz CT molecular complexity index is 1790. The van der Waals surface area contributed by atoms with E-state index >= 15 is 0 Å². The number of ether oxygens (including phenoxy) is 4. The van der Waals surface area contributed by atoms with Crippen molar-refractivity contribution in [2.75, 3.05) is 13.6 Å². The van der Waals surface area contributed by atoms with Crippen LogP contribution in [0.15, 0.2) is 56.9 Å². The van der Waals surface area contributed by atoms with Crippen LogP contribution in [0.2, 0.25) is 0 Å². The van der Waals surface area contributed by atoms with Crippen LogP contribution in [0.5, 0.6) is 23.0 Å². The molecule has 0 N–H and O–H groups in total. The summed E-state index contributed by atoms with van der Waals surface area (Å²) in [6.07, 6.45) is 0.476. The molecular formula is C24H16Cl2O8S4. The molecular weight excluding hydrogens is 615 g/mol. The van der Waals surface area contributed by atoms with Crippen LogP contribution in [0, 0.1) is 0 Å². The molecule has 14 heteroatoms. The number of rotatable bonds is 7. The van der Waals surface area contributed by atoms with Gasteiger partial charge in [-0.05, 0) is 52.4 Å². The van der Waals surface area contributed by atoms with Crippen molar-refractivity contribution >= 4 is 62.1 Å². The topological polar surface area (TPSA) is 105 Å². The van der Waals surface area contributed by atoms with E-state index in [2.05, 4.69) is 0 Å². The fourth-order valence-electron chi connectivity index (χ4n) is 4.39. The number of benzene rings is 2. The molecule has 4 aromatic rings. The number of hydrogen-bond donors (Lipinski definition) is 0. The average molecular weight is 632 g/mol. The Hall–Kier alpha value is -2.48. The fourth-order valence-corrected chi connectivity index (χ4v) is 9.98. The first kappa shape index (κ1) is 25.8. The van der Waals surface area contributed by atoms with Gasteiger partial charge < -0.3 is 18.9 Å². The lowest BCUT2D eigenvalue weighted by Gasteiger charge is -2.09. The van der Waals surface area contributed by atoms with Gasteiger partial charge in [0.15, 0.2) is 23.0 Å². The van der Waals surface area contributed by atoms with E-state index in [-0.39, 0.29) is 39.6 Å². The van der Waals surface area contributed by atoms with Gasteiger partial charge in [-0.25, -0.2) is 16.8 Å². The molecule has 8 nitrogen and oxygen atoms in total. The zero-order chi connectivity index (χ0) is 26.7. The average Bonchev–Trinajstić information content (AvgIpc) is 3.63. The third-order valence-electron chi connectivity index (χ3n) is 5.98. The van der Waals surface area contributed by atoms with Crippen LogP contribution in [-0.2, 0) is 30.9 Å². The molecule has 0 radical (unpaired) electrons. The third kappa shape index (κ3) is 4.85. The SMILES string of the molecule is O=S(=O)(Cl)c1sc(Cc2ccc3c(c2)OCO3)c(S(=O)(=O)Cl)c1-c1ccsc1Cc1ccc2c(c1)OCO2. The summed E-state index contributed by atoms with van der Waals surface area (Å²) < 4.78 is 72.6. The van der Waals surface area contributed by atoms with E-state index in [4.69, 9.17) is 40.3 Å². The van der Waals surface area contributed by atoms with Crippen molar-refractivity contribution < 1.29 is 35.8 Å². The van der Waals surface area contributed by atoms with Crippen molar-refractivity contribution in [3.05, 3.63) is 68.7 Å². The van der Waals surface area contributed by atoms with E-state index in [1.807, 2.05) is 12.1 Å². The minimum absolute atomic E-state index is 0.0206. The zero-order valence-electron chi connectivity index (χ0n) is 19.1. The minimum atomic E-state index is -4.39. The van der Waals surface area contributed by atoms with Gasteiger partial charge in [-0.2, -0.15) is 0 Å². The first-order chi connectivity index (χ1) is 18.1. The molecule has 0 bridgehead atoms. The lowest BCUT2D eigenvalue weighted by atomic mass is 10.0. The highest BCUT2D eigenvalue weighted by molar-refractivity contribution is 8.15. The summed E-state index contributed by atoms with van der Waals surface area (Å²) >= 11 is 2.15. The van der Waals surface area contributed by atoms with Crippen molar-refractivity contribution in [3.63, 3.8) is 0 Å². The highest BCUT2D eigenvalue weighted by Crippen LogP contribution is 2.48. The molecule has 198 valence electrons. The van der Waals surface area contributed by atoms with Crippen LogP contribution in [0.4, 0.5) is 0 Å². The summed E-state index contributed by atoms with van der Waals surface area (Å²) in [5.74, 6) is 2.33. The molecule has 0 unspecified atom stereocenters. The molecule has 0 fully saturated rings. The molecule has 2 aliphatic heterocycles. The van der Waals surface area contributed by atoms with E-state index < -0.39 is 18.1 Å². The Morgan fingerprint density at radius 1 is 0.711 bits per heavy atom. The predicted molar refractivity (Wildman–Crippen MR) is 144 cm³/mol. The quantitative estimate of drug-likeness (QED) is 0.230. The fraction of sp³-hybridized carbons (Fsp3) is 0.167. The number of hydrogen-bond acceptors (Lipinski definition) is 10. The van der Waals surface area contributed by atoms with Gasteiger partial charge in [0.1, 0.15) is 9.10 Å². The standard InChI is InChI=1S/C24H16Cl2O8S4/c25-37(27,28)23-21(10-14-2-4-17-19(8-14)34-12-32-17)36-24(38(26,29)30)22(23)15-5-6-35-20(15)9-13-1-3-16-18(7-13)33-11-31-16/h1-8H,9-12H2. The van der Waals surface area contributed by atoms with E-state index in [0.717, 1.165) is 21.8 Å². The van der Waals surface area contributed by atoms with E-state index in [1.165, 1.54) is 11.3 Å². The molecule has 0 saturated carbocycles. The van der Waals surface area contributed by atoms with Crippen LogP contribution < -0.4 is 18.9 Å². The summed E-state index contributed by atoms with van der Waals surface area (Å²) in [7, 11) is 3.09. The Labute approximate surface area is 235 Å². The minimum Gasteiger partial charge on any atom is -0.454 e. The van der Waals surface area contributed by atoms with E-state index in [1.54, 1.807) is 35.7 Å². The van der Waals surface area contributed by atoms with Crippen LogP contribution in [0.25, 0.3) is 11.1 Å². The van der Waals surface area contributed by atoms with Crippen molar-refractivity contribution in [2.24, 2.45) is 0 Å². The van der Waals surface area contributed by atoms with Gasteiger partial charge in [0.2, 0.25) is 13.6 Å². The van der Waals surface area contributed by atoms with Crippen molar-refractivity contribution in [2.45, 2.75) is 21.9 Å². The molecule has 2 aromatic heterocycles. The highest BCUT2D eigenvalue weighted by Gasteiger charge is 2.34. The van der Waals surface area contributed by atoms with Crippen molar-refractivity contribution in [1.82, 2.24) is 0 Å². The molecule has 0 amide bonds. The number of halogens is 2. The Morgan fingerprint density at radius 3 is 1.82 bits per heavy atom. The lowest BCUT2D eigenvalue weighted by Crippen LogP contribution is -2.00. The van der Waals surface area contributed by atoms with Crippen LogP contribution in [0.1, 0.15) is 20.9 Å². The zero-order valence-corrected chi connectivity index (χ0v) is 23.9. The molecule has 4 heterocycles. The maximum Gasteiger partial charge on any atom is 0.271 e. The van der Waals surface area contributed by atoms with Gasteiger partial charge in [-0.15, -0.1) is 22.7 Å². The Kier molecular flexibility index (Phi) is 6.52.